The molecule has 2 N–H and O–H groups in total. The molecule has 0 bridgehead atoms. The standard InChI is InChI=1S/C19H30N4O4S/c1-15-8-9-16(28(26,27)23-10-6-5-7-11-23)12-17(15)20-18(24)13-22(4)14-19(25)21(2)3/h8-9,12H,5-7,10-11,13-14H2,1-4H3,(H,20,24)/p+1. The Morgan fingerprint density at radius 3 is 2.39 bits per heavy atom. The largest absolute Gasteiger partial charge is 0.344 e. The minimum absolute atomic E-state index is 0.0592. The molecule has 1 aromatic carbocycles. The van der Waals surface area contributed by atoms with Gasteiger partial charge in [-0.3, -0.25) is 9.59 Å². The number of anilines is 1. The van der Waals surface area contributed by atoms with Gasteiger partial charge in [0.2, 0.25) is 10.0 Å². The predicted molar refractivity (Wildman–Crippen MR) is 108 cm³/mol. The third-order valence-electron chi connectivity index (χ3n) is 4.85. The van der Waals surface area contributed by atoms with E-state index in [9.17, 15) is 18.0 Å². The Bertz CT molecular complexity index is 817. The molecule has 28 heavy (non-hydrogen) atoms. The molecule has 1 unspecified atom stereocenters. The number of aryl methyl sites for hydroxylation is 1. The molecule has 1 fully saturated rings. The lowest BCUT2D eigenvalue weighted by Gasteiger charge is -2.26. The molecule has 0 radical (unpaired) electrons. The molecule has 1 aliphatic heterocycles. The molecular formula is C19H31N4O4S+. The van der Waals surface area contributed by atoms with Gasteiger partial charge in [-0.15, -0.1) is 0 Å². The molecule has 1 saturated heterocycles. The van der Waals surface area contributed by atoms with Crippen molar-refractivity contribution in [2.24, 2.45) is 0 Å². The maximum Gasteiger partial charge on any atom is 0.279 e. The van der Waals surface area contributed by atoms with E-state index in [1.807, 2.05) is 6.92 Å². The average molecular weight is 412 g/mol. The van der Waals surface area contributed by atoms with Gasteiger partial charge in [0.15, 0.2) is 13.1 Å². The second-order valence-electron chi connectivity index (χ2n) is 7.59. The zero-order valence-corrected chi connectivity index (χ0v) is 17.9. The Kier molecular flexibility index (Phi) is 7.56. The highest BCUT2D eigenvalue weighted by atomic mass is 32.2. The molecule has 1 aliphatic rings. The van der Waals surface area contributed by atoms with E-state index in [0.29, 0.717) is 18.8 Å². The van der Waals surface area contributed by atoms with Crippen LogP contribution in [0.15, 0.2) is 23.1 Å². The van der Waals surface area contributed by atoms with Crippen LogP contribution >= 0.6 is 0 Å². The molecule has 2 amide bonds. The Labute approximate surface area is 167 Å². The van der Waals surface area contributed by atoms with Crippen LogP contribution in [-0.4, -0.2) is 76.8 Å². The summed E-state index contributed by atoms with van der Waals surface area (Å²) in [4.78, 5) is 26.6. The third kappa shape index (κ3) is 5.76. The van der Waals surface area contributed by atoms with E-state index in [4.69, 9.17) is 0 Å². The molecule has 0 aliphatic carbocycles. The number of hydrogen-bond acceptors (Lipinski definition) is 4. The fraction of sp³-hybridized carbons (Fsp3) is 0.579. The van der Waals surface area contributed by atoms with Crippen LogP contribution in [0.5, 0.6) is 0 Å². The first-order valence-corrected chi connectivity index (χ1v) is 11.0. The van der Waals surface area contributed by atoms with Gasteiger partial charge in [-0.2, -0.15) is 4.31 Å². The number of rotatable bonds is 7. The van der Waals surface area contributed by atoms with Gasteiger partial charge in [-0.1, -0.05) is 12.5 Å². The zero-order chi connectivity index (χ0) is 20.9. The highest BCUT2D eigenvalue weighted by molar-refractivity contribution is 7.89. The predicted octanol–water partition coefficient (Wildman–Crippen LogP) is -0.289. The van der Waals surface area contributed by atoms with Crippen molar-refractivity contribution in [1.29, 1.82) is 0 Å². The second kappa shape index (κ2) is 9.49. The molecule has 1 atom stereocenters. The first-order valence-electron chi connectivity index (χ1n) is 9.53. The topological polar surface area (TPSA) is 91.2 Å². The van der Waals surface area contributed by atoms with E-state index in [0.717, 1.165) is 29.7 Å². The summed E-state index contributed by atoms with van der Waals surface area (Å²) >= 11 is 0. The lowest BCUT2D eigenvalue weighted by atomic mass is 10.2. The van der Waals surface area contributed by atoms with Gasteiger partial charge < -0.3 is 15.1 Å². The lowest BCUT2D eigenvalue weighted by Crippen LogP contribution is -3.11. The van der Waals surface area contributed by atoms with Gasteiger partial charge in [-0.25, -0.2) is 8.42 Å². The molecule has 1 heterocycles. The van der Waals surface area contributed by atoms with Crippen molar-refractivity contribution in [1.82, 2.24) is 9.21 Å². The number of amides is 2. The summed E-state index contributed by atoms with van der Waals surface area (Å²) in [7, 11) is 1.56. The van der Waals surface area contributed by atoms with E-state index in [-0.39, 0.29) is 29.8 Å². The summed E-state index contributed by atoms with van der Waals surface area (Å²) in [6.45, 7) is 3.21. The number of sulfonamides is 1. The van der Waals surface area contributed by atoms with Crippen molar-refractivity contribution in [2.45, 2.75) is 31.1 Å². The van der Waals surface area contributed by atoms with E-state index in [1.54, 1.807) is 33.3 Å². The normalized spacial score (nSPS) is 16.4. The van der Waals surface area contributed by atoms with Crippen LogP contribution in [0.25, 0.3) is 0 Å². The van der Waals surface area contributed by atoms with Crippen molar-refractivity contribution in [3.05, 3.63) is 23.8 Å². The molecule has 9 heteroatoms. The van der Waals surface area contributed by atoms with Crippen molar-refractivity contribution in [3.63, 3.8) is 0 Å². The maximum absolute atomic E-state index is 12.9. The summed E-state index contributed by atoms with van der Waals surface area (Å²) in [6, 6.07) is 4.82. The molecule has 1 aromatic rings. The van der Waals surface area contributed by atoms with Gasteiger partial charge in [0.05, 0.1) is 11.9 Å². The number of likely N-dealkylation sites (N-methyl/N-ethyl adjacent to an activating group) is 2. The number of nitrogens with zero attached hydrogens (tertiary/aromatic N) is 2. The zero-order valence-electron chi connectivity index (χ0n) is 17.1. The van der Waals surface area contributed by atoms with Crippen LogP contribution in [0.4, 0.5) is 5.69 Å². The Balaban J connectivity index is 2.08. The van der Waals surface area contributed by atoms with E-state index < -0.39 is 10.0 Å². The fourth-order valence-electron chi connectivity index (χ4n) is 3.10. The Morgan fingerprint density at radius 2 is 1.79 bits per heavy atom. The summed E-state index contributed by atoms with van der Waals surface area (Å²) in [6.07, 6.45) is 2.79. The summed E-state index contributed by atoms with van der Waals surface area (Å²) in [5.74, 6) is -0.323. The van der Waals surface area contributed by atoms with E-state index >= 15 is 0 Å². The highest BCUT2D eigenvalue weighted by Gasteiger charge is 2.26. The van der Waals surface area contributed by atoms with Crippen molar-refractivity contribution in [3.8, 4) is 0 Å². The Hall–Kier alpha value is -1.97. The summed E-state index contributed by atoms with van der Waals surface area (Å²) in [5.41, 5.74) is 1.27. The van der Waals surface area contributed by atoms with Crippen LogP contribution < -0.4 is 10.2 Å². The Morgan fingerprint density at radius 1 is 1.14 bits per heavy atom. The first kappa shape index (κ1) is 22.3. The van der Waals surface area contributed by atoms with E-state index in [2.05, 4.69) is 5.32 Å². The lowest BCUT2D eigenvalue weighted by molar-refractivity contribution is -0.862. The quantitative estimate of drug-likeness (QED) is 0.645. The van der Waals surface area contributed by atoms with Gasteiger partial charge in [0.25, 0.3) is 11.8 Å². The number of hydrogen-bond donors (Lipinski definition) is 2. The average Bonchev–Trinajstić information content (AvgIpc) is 2.63. The molecule has 0 saturated carbocycles. The van der Waals surface area contributed by atoms with Crippen molar-refractivity contribution < 1.29 is 22.9 Å². The van der Waals surface area contributed by atoms with Crippen LogP contribution in [0.2, 0.25) is 0 Å². The van der Waals surface area contributed by atoms with Gasteiger partial charge in [0, 0.05) is 32.9 Å². The molecule has 0 spiro atoms. The molecule has 2 rings (SSSR count). The van der Waals surface area contributed by atoms with Crippen molar-refractivity contribution >= 4 is 27.5 Å². The third-order valence-corrected chi connectivity index (χ3v) is 6.74. The van der Waals surface area contributed by atoms with Crippen LogP contribution in [-0.2, 0) is 19.6 Å². The van der Waals surface area contributed by atoms with Crippen LogP contribution in [0, 0.1) is 6.92 Å². The van der Waals surface area contributed by atoms with Crippen molar-refractivity contribution in [2.75, 3.05) is 52.6 Å². The molecule has 156 valence electrons. The van der Waals surface area contributed by atoms with E-state index in [1.165, 1.54) is 15.3 Å². The fourth-order valence-corrected chi connectivity index (χ4v) is 4.64. The van der Waals surface area contributed by atoms with Gasteiger partial charge in [-0.05, 0) is 37.5 Å². The minimum Gasteiger partial charge on any atom is -0.344 e. The first-order chi connectivity index (χ1) is 13.1. The second-order valence-corrected chi connectivity index (χ2v) is 9.53. The molecule has 8 nitrogen and oxygen atoms in total. The number of piperidine rings is 1. The summed E-state index contributed by atoms with van der Waals surface area (Å²) < 4.78 is 27.2. The van der Waals surface area contributed by atoms with Gasteiger partial charge >= 0.3 is 0 Å². The van der Waals surface area contributed by atoms with Crippen LogP contribution in [0.3, 0.4) is 0 Å². The number of carbonyl (C=O) groups is 2. The number of quaternary nitrogens is 1. The van der Waals surface area contributed by atoms with Gasteiger partial charge in [0.1, 0.15) is 0 Å². The number of carbonyl (C=O) groups excluding carboxylic acids is 2. The molecular weight excluding hydrogens is 380 g/mol. The smallest absolute Gasteiger partial charge is 0.279 e. The SMILES string of the molecule is Cc1ccc(S(=O)(=O)N2CCCCC2)cc1NC(=O)C[NH+](C)CC(=O)N(C)C. The number of nitrogens with one attached hydrogen (secondary N) is 2. The molecule has 0 aromatic heterocycles. The number of benzene rings is 1. The summed E-state index contributed by atoms with van der Waals surface area (Å²) in [5, 5.41) is 2.79. The maximum atomic E-state index is 12.9. The highest BCUT2D eigenvalue weighted by Crippen LogP contribution is 2.25. The van der Waals surface area contributed by atoms with Crippen LogP contribution in [0.1, 0.15) is 24.8 Å². The minimum atomic E-state index is -3.56. The monoisotopic (exact) mass is 411 g/mol.